The Labute approximate surface area is 392 Å². The van der Waals surface area contributed by atoms with Gasteiger partial charge in [-0.3, -0.25) is 9.55 Å². The molecule has 3 aromatic heterocycles. The van der Waals surface area contributed by atoms with E-state index in [9.17, 15) is 5.11 Å². The van der Waals surface area contributed by atoms with Crippen molar-refractivity contribution in [3.8, 4) is 56.3 Å². The number of hydrogen-bond acceptors (Lipinski definition) is 4. The summed E-state index contributed by atoms with van der Waals surface area (Å²) in [6, 6.07) is 46.6. The summed E-state index contributed by atoms with van der Waals surface area (Å²) in [4.78, 5) is 10.6. The third-order valence-corrected chi connectivity index (χ3v) is 12.5. The first-order chi connectivity index (χ1) is 29.7. The van der Waals surface area contributed by atoms with Gasteiger partial charge in [-0.05, 0) is 85.7 Å². The van der Waals surface area contributed by atoms with Crippen molar-refractivity contribution in [1.29, 1.82) is 0 Å². The van der Waals surface area contributed by atoms with Crippen LogP contribution in [0.2, 0.25) is 0 Å². The number of para-hydroxylation sites is 2. The van der Waals surface area contributed by atoms with E-state index < -0.39 is 0 Å². The Balaban J connectivity index is 0.00000560. The quantitative estimate of drug-likeness (QED) is 0.175. The maximum absolute atomic E-state index is 12.5. The normalized spacial score (nSPS) is 12.6. The third-order valence-electron chi connectivity index (χ3n) is 12.5. The van der Waals surface area contributed by atoms with E-state index in [2.05, 4.69) is 203 Å². The fourth-order valence-electron chi connectivity index (χ4n) is 8.72. The molecule has 5 nitrogen and oxygen atoms in total. The minimum Gasteiger partial charge on any atom is -0.507 e. The van der Waals surface area contributed by atoms with E-state index in [0.29, 0.717) is 11.4 Å². The Morgan fingerprint density at radius 3 is 1.92 bits per heavy atom. The summed E-state index contributed by atoms with van der Waals surface area (Å²) in [7, 11) is 0. The molecule has 0 unspecified atom stereocenters. The van der Waals surface area contributed by atoms with E-state index in [0.717, 1.165) is 83.3 Å². The number of benzene rings is 6. The second kappa shape index (κ2) is 16.0. The van der Waals surface area contributed by atoms with Gasteiger partial charge in [0.25, 0.3) is 0 Å². The van der Waals surface area contributed by atoms with Crippen molar-refractivity contribution in [2.45, 2.75) is 105 Å². The smallest absolute Gasteiger partial charge is 0.148 e. The molecule has 64 heavy (non-hydrogen) atoms. The Kier molecular flexibility index (Phi) is 11.2. The zero-order chi connectivity index (χ0) is 44.8. The number of aromatic nitrogens is 3. The Morgan fingerprint density at radius 1 is 0.578 bits per heavy atom. The van der Waals surface area contributed by atoms with E-state index >= 15 is 0 Å². The number of pyridine rings is 1. The average Bonchev–Trinajstić information content (AvgIpc) is 3.81. The second-order valence-corrected chi connectivity index (χ2v) is 21.3. The molecule has 9 rings (SSSR count). The number of nitrogens with zero attached hydrogens (tertiary/aromatic N) is 3. The van der Waals surface area contributed by atoms with Crippen LogP contribution >= 0.6 is 0 Å². The first-order valence-electron chi connectivity index (χ1n) is 22.1. The summed E-state index contributed by atoms with van der Waals surface area (Å²) in [6.07, 6.45) is 1.89. The summed E-state index contributed by atoms with van der Waals surface area (Å²) in [5, 5.41) is 14.6. The first-order valence-corrected chi connectivity index (χ1v) is 22.1. The first kappa shape index (κ1) is 44.8. The van der Waals surface area contributed by atoms with Gasteiger partial charge in [0.2, 0.25) is 0 Å². The molecule has 328 valence electrons. The predicted octanol–water partition coefficient (Wildman–Crippen LogP) is 15.7. The Hall–Kier alpha value is -5.77. The van der Waals surface area contributed by atoms with E-state index in [1.807, 2.05) is 18.3 Å². The van der Waals surface area contributed by atoms with E-state index in [-0.39, 0.29) is 48.5 Å². The third kappa shape index (κ3) is 8.02. The van der Waals surface area contributed by atoms with Gasteiger partial charge in [-0.25, -0.2) is 4.98 Å². The molecule has 0 amide bonds. The Morgan fingerprint density at radius 2 is 1.23 bits per heavy atom. The number of imidazole rings is 1. The van der Waals surface area contributed by atoms with Gasteiger partial charge >= 0.3 is 0 Å². The van der Waals surface area contributed by atoms with Gasteiger partial charge in [-0.2, -0.15) is 0 Å². The molecule has 0 aliphatic carbocycles. The molecule has 0 saturated heterocycles. The summed E-state index contributed by atoms with van der Waals surface area (Å²) < 4.78 is 8.91. The molecule has 1 N–H and O–H groups in total. The summed E-state index contributed by atoms with van der Waals surface area (Å²) >= 11 is 0. The SMILES string of the molecule is CC(C)(C)c1ccnc(-c2[c-]c(-c3cccc4c3nc(-c3cc(C(C)(C)C)cc(C(C)(C)C)c3O)n4-c3ccc(C(C)(C)C)cc3-c3ccccc3)cc3c2oc2ccccc23)c1.[Pt]. The number of hydrogen-bond donors (Lipinski definition) is 1. The van der Waals surface area contributed by atoms with Gasteiger partial charge in [-0.15, -0.1) is 17.7 Å². The van der Waals surface area contributed by atoms with E-state index in [4.69, 9.17) is 14.4 Å². The van der Waals surface area contributed by atoms with Gasteiger partial charge in [0.1, 0.15) is 17.2 Å². The maximum atomic E-state index is 12.5. The Bertz CT molecular complexity index is 3220. The van der Waals surface area contributed by atoms with Crippen LogP contribution in [-0.2, 0) is 42.7 Å². The molecule has 6 heteroatoms. The molecular formula is C58H58N3O2Pt-. The van der Waals surface area contributed by atoms with Crippen molar-refractivity contribution >= 4 is 33.0 Å². The van der Waals surface area contributed by atoms with Crippen LogP contribution in [0, 0.1) is 6.07 Å². The van der Waals surface area contributed by atoms with Crippen molar-refractivity contribution in [1.82, 2.24) is 14.5 Å². The van der Waals surface area contributed by atoms with Gasteiger partial charge in [0.05, 0.1) is 27.9 Å². The van der Waals surface area contributed by atoms with Crippen LogP contribution in [0.25, 0.3) is 83.6 Å². The minimum atomic E-state index is -0.335. The standard InChI is InChI=1S/C58H58N3O2.Pt/c1-55(2,3)37-25-26-48(42(31-37)35-19-14-13-15-20-35)61-49-23-18-22-40(51(49)60-54(61)45-32-39(57(7,8)9)33-46(52(45)62)58(10,11)12)36-29-43-41-21-16-17-24-50(41)63-53(43)44(30-36)47-34-38(27-28-59-47)56(4,5)6;/h13-29,31-34,62H,1-12H3;/q-1;. The summed E-state index contributed by atoms with van der Waals surface area (Å²) in [5.74, 6) is 0.910. The molecule has 3 heterocycles. The molecule has 6 aromatic carbocycles. The number of phenolic OH excluding ortho intramolecular Hbond substituents is 1. The molecule has 0 aliphatic heterocycles. The number of phenols is 1. The number of fused-ring (bicyclic) bond motifs is 4. The van der Waals surface area contributed by atoms with E-state index in [1.165, 1.54) is 11.1 Å². The van der Waals surface area contributed by atoms with Crippen molar-refractivity contribution < 1.29 is 30.6 Å². The molecular weight excluding hydrogens is 966 g/mol. The van der Waals surface area contributed by atoms with Crippen molar-refractivity contribution in [2.75, 3.05) is 0 Å². The average molecular weight is 1020 g/mol. The summed E-state index contributed by atoms with van der Waals surface area (Å²) in [6.45, 7) is 26.6. The van der Waals surface area contributed by atoms with Gasteiger partial charge in [-0.1, -0.05) is 173 Å². The van der Waals surface area contributed by atoms with E-state index in [1.54, 1.807) is 0 Å². The second-order valence-electron chi connectivity index (χ2n) is 21.3. The molecule has 0 fully saturated rings. The van der Waals surface area contributed by atoms with Crippen LogP contribution in [0.3, 0.4) is 0 Å². The predicted molar refractivity (Wildman–Crippen MR) is 263 cm³/mol. The fraction of sp³-hybridized carbons (Fsp3) is 0.276. The number of furan rings is 1. The van der Waals surface area contributed by atoms with Crippen LogP contribution in [-0.4, -0.2) is 19.6 Å². The molecule has 0 aliphatic rings. The maximum Gasteiger partial charge on any atom is 0.148 e. The summed E-state index contributed by atoms with van der Waals surface area (Å²) in [5.41, 5.74) is 14.3. The van der Waals surface area contributed by atoms with Gasteiger partial charge in [0, 0.05) is 49.5 Å². The molecule has 0 atom stereocenters. The number of rotatable bonds is 5. The van der Waals surface area contributed by atoms with Crippen LogP contribution in [0.1, 0.15) is 105 Å². The molecule has 0 bridgehead atoms. The van der Waals surface area contributed by atoms with Crippen molar-refractivity contribution in [3.63, 3.8) is 0 Å². The monoisotopic (exact) mass is 1020 g/mol. The molecule has 0 saturated carbocycles. The number of aromatic hydroxyl groups is 1. The van der Waals surface area contributed by atoms with Crippen LogP contribution in [0.4, 0.5) is 0 Å². The van der Waals surface area contributed by atoms with Crippen molar-refractivity contribution in [3.05, 3.63) is 156 Å². The van der Waals surface area contributed by atoms with Gasteiger partial charge < -0.3 is 9.52 Å². The topological polar surface area (TPSA) is 64.1 Å². The van der Waals surface area contributed by atoms with Gasteiger partial charge in [0.15, 0.2) is 0 Å². The van der Waals surface area contributed by atoms with Crippen LogP contribution in [0.5, 0.6) is 5.75 Å². The minimum absolute atomic E-state index is 0. The van der Waals surface area contributed by atoms with Crippen LogP contribution < -0.4 is 0 Å². The largest absolute Gasteiger partial charge is 0.507 e. The molecule has 0 radical (unpaired) electrons. The zero-order valence-electron chi connectivity index (χ0n) is 39.1. The fourth-order valence-corrected chi connectivity index (χ4v) is 8.72. The van der Waals surface area contributed by atoms with Crippen molar-refractivity contribution in [2.24, 2.45) is 0 Å². The molecule has 9 aromatic rings. The molecule has 0 spiro atoms. The zero-order valence-corrected chi connectivity index (χ0v) is 41.4. The van der Waals surface area contributed by atoms with Crippen LogP contribution in [0.15, 0.2) is 132 Å².